The summed E-state index contributed by atoms with van der Waals surface area (Å²) in [6, 6.07) is 13.0. The normalized spacial score (nSPS) is 20.6. The maximum atomic E-state index is 5.90. The van der Waals surface area contributed by atoms with Crippen molar-refractivity contribution in [2.75, 3.05) is 31.1 Å². The van der Waals surface area contributed by atoms with E-state index >= 15 is 0 Å². The summed E-state index contributed by atoms with van der Waals surface area (Å²) in [5.74, 6) is 0. The summed E-state index contributed by atoms with van der Waals surface area (Å²) >= 11 is 6.92. The molecular weight excluding hydrogens is 350 g/mol. The van der Waals surface area contributed by atoms with E-state index in [-0.39, 0.29) is 6.04 Å². The molecule has 3 heterocycles. The molecule has 25 heavy (non-hydrogen) atoms. The predicted molar refractivity (Wildman–Crippen MR) is 108 cm³/mol. The van der Waals surface area contributed by atoms with Gasteiger partial charge in [-0.2, -0.15) is 5.10 Å². The molecule has 0 aliphatic carbocycles. The van der Waals surface area contributed by atoms with Gasteiger partial charge in [0.2, 0.25) is 0 Å². The summed E-state index contributed by atoms with van der Waals surface area (Å²) in [4.78, 5) is 3.65. The van der Waals surface area contributed by atoms with Crippen LogP contribution in [0.1, 0.15) is 22.9 Å². The Kier molecular flexibility index (Phi) is 4.70. The largest absolute Gasteiger partial charge is 0.375 e. The molecule has 1 aromatic carbocycles. The van der Waals surface area contributed by atoms with E-state index in [1.54, 1.807) is 16.3 Å². The van der Waals surface area contributed by atoms with Crippen LogP contribution in [-0.2, 0) is 0 Å². The molecule has 2 aliphatic heterocycles. The van der Waals surface area contributed by atoms with Crippen LogP contribution in [0, 0.1) is 0 Å². The highest BCUT2D eigenvalue weighted by Gasteiger charge is 2.31. The van der Waals surface area contributed by atoms with Crippen LogP contribution in [0.25, 0.3) is 0 Å². The molecule has 0 radical (unpaired) electrons. The maximum Gasteiger partial charge on any atom is 0.187 e. The molecule has 130 valence electrons. The van der Waals surface area contributed by atoms with E-state index in [9.17, 15) is 0 Å². The molecular formula is C18H21N5S2. The molecule has 2 aliphatic rings. The number of thiocarbonyl (C=S) groups is 1. The van der Waals surface area contributed by atoms with E-state index in [0.29, 0.717) is 5.11 Å². The number of piperazine rings is 1. The Morgan fingerprint density at radius 3 is 2.60 bits per heavy atom. The van der Waals surface area contributed by atoms with Crippen LogP contribution in [0.15, 0.2) is 46.9 Å². The zero-order chi connectivity index (χ0) is 17.2. The van der Waals surface area contributed by atoms with Crippen molar-refractivity contribution in [2.24, 2.45) is 10.8 Å². The first-order valence-electron chi connectivity index (χ1n) is 8.48. The molecule has 0 bridgehead atoms. The summed E-state index contributed by atoms with van der Waals surface area (Å²) in [6.07, 6.45) is 0.824. The first kappa shape index (κ1) is 16.5. The van der Waals surface area contributed by atoms with Gasteiger partial charge in [0, 0.05) is 43.2 Å². The second-order valence-corrected chi connectivity index (χ2v) is 7.65. The van der Waals surface area contributed by atoms with Crippen molar-refractivity contribution in [1.29, 1.82) is 0 Å². The molecule has 5 nitrogen and oxygen atoms in total. The molecule has 3 N–H and O–H groups in total. The van der Waals surface area contributed by atoms with E-state index in [1.807, 2.05) is 0 Å². The number of nitrogens with one attached hydrogen (secondary N) is 1. The maximum absolute atomic E-state index is 5.90. The first-order chi connectivity index (χ1) is 12.2. The van der Waals surface area contributed by atoms with Gasteiger partial charge in [0.1, 0.15) is 0 Å². The molecule has 0 spiro atoms. The third kappa shape index (κ3) is 3.40. The van der Waals surface area contributed by atoms with Crippen LogP contribution in [0.4, 0.5) is 5.69 Å². The average Bonchev–Trinajstić information content (AvgIpc) is 3.32. The van der Waals surface area contributed by atoms with E-state index in [2.05, 4.69) is 52.0 Å². The summed E-state index contributed by atoms with van der Waals surface area (Å²) < 4.78 is 0. The van der Waals surface area contributed by atoms with E-state index in [1.165, 1.54) is 10.6 Å². The third-order valence-electron chi connectivity index (χ3n) is 4.69. The number of thiophene rings is 1. The molecule has 0 amide bonds. The minimum Gasteiger partial charge on any atom is -0.375 e. The lowest BCUT2D eigenvalue weighted by molar-refractivity contribution is 0.378. The van der Waals surface area contributed by atoms with Crippen molar-refractivity contribution in [3.05, 3.63) is 52.2 Å². The Morgan fingerprint density at radius 2 is 1.96 bits per heavy atom. The fraction of sp³-hybridized carbons (Fsp3) is 0.333. The number of hydrogen-bond donors (Lipinski definition) is 2. The summed E-state index contributed by atoms with van der Waals surface area (Å²) in [5, 5.41) is 12.3. The van der Waals surface area contributed by atoms with Crippen molar-refractivity contribution < 1.29 is 0 Å². The van der Waals surface area contributed by atoms with Crippen LogP contribution in [-0.4, -0.2) is 42.0 Å². The number of hydrazone groups is 1. The SMILES string of the molecule is NC(=S)N1N=C(c2ccc(N3CCNCC3)cc2)CC1c1cccs1. The fourth-order valence-corrected chi connectivity index (χ4v) is 4.36. The molecule has 7 heteroatoms. The third-order valence-corrected chi connectivity index (χ3v) is 5.85. The van der Waals surface area contributed by atoms with Crippen LogP contribution in [0.5, 0.6) is 0 Å². The first-order valence-corrected chi connectivity index (χ1v) is 9.77. The van der Waals surface area contributed by atoms with Gasteiger partial charge < -0.3 is 16.0 Å². The Labute approximate surface area is 157 Å². The fourth-order valence-electron chi connectivity index (χ4n) is 3.38. The number of nitrogens with two attached hydrogens (primary N) is 1. The van der Waals surface area contributed by atoms with E-state index < -0.39 is 0 Å². The van der Waals surface area contributed by atoms with Crippen molar-refractivity contribution in [2.45, 2.75) is 12.5 Å². The minimum atomic E-state index is 0.111. The molecule has 1 fully saturated rings. The Morgan fingerprint density at radius 1 is 1.20 bits per heavy atom. The highest BCUT2D eigenvalue weighted by atomic mass is 32.1. The van der Waals surface area contributed by atoms with E-state index in [0.717, 1.165) is 43.9 Å². The number of anilines is 1. The summed E-state index contributed by atoms with van der Waals surface area (Å²) in [6.45, 7) is 4.19. The second-order valence-electron chi connectivity index (χ2n) is 6.25. The van der Waals surface area contributed by atoms with Gasteiger partial charge in [0.05, 0.1) is 11.8 Å². The van der Waals surface area contributed by atoms with Gasteiger partial charge in [-0.15, -0.1) is 11.3 Å². The quantitative estimate of drug-likeness (QED) is 0.812. The van der Waals surface area contributed by atoms with Crippen molar-refractivity contribution >= 4 is 40.1 Å². The van der Waals surface area contributed by atoms with Crippen molar-refractivity contribution in [3.63, 3.8) is 0 Å². The monoisotopic (exact) mass is 371 g/mol. The van der Waals surface area contributed by atoms with Crippen LogP contribution < -0.4 is 16.0 Å². The molecule has 1 unspecified atom stereocenters. The number of hydrogen-bond acceptors (Lipinski definition) is 5. The number of rotatable bonds is 3. The summed E-state index contributed by atoms with van der Waals surface area (Å²) in [7, 11) is 0. The zero-order valence-electron chi connectivity index (χ0n) is 13.9. The smallest absolute Gasteiger partial charge is 0.187 e. The van der Waals surface area contributed by atoms with E-state index in [4.69, 9.17) is 23.1 Å². The number of benzene rings is 1. The molecule has 0 saturated carbocycles. The lowest BCUT2D eigenvalue weighted by Crippen LogP contribution is -2.43. The Balaban J connectivity index is 1.55. The standard InChI is InChI=1S/C18H21N5S2/c19-18(24)23-16(17-2-1-11-25-17)12-15(21-23)13-3-5-14(6-4-13)22-9-7-20-8-10-22/h1-6,11,16,20H,7-10,12H2,(H2,19,24). The highest BCUT2D eigenvalue weighted by molar-refractivity contribution is 7.80. The van der Waals surface area contributed by atoms with Crippen molar-refractivity contribution in [3.8, 4) is 0 Å². The molecule has 4 rings (SSSR count). The lowest BCUT2D eigenvalue weighted by atomic mass is 10.0. The molecule has 2 aromatic rings. The van der Waals surface area contributed by atoms with Gasteiger partial charge in [-0.25, -0.2) is 5.01 Å². The Hall–Kier alpha value is -1.96. The van der Waals surface area contributed by atoms with Gasteiger partial charge in [0.25, 0.3) is 0 Å². The Bertz CT molecular complexity index is 763. The zero-order valence-corrected chi connectivity index (χ0v) is 15.5. The topological polar surface area (TPSA) is 56.9 Å². The number of nitrogens with zero attached hydrogens (tertiary/aromatic N) is 3. The van der Waals surface area contributed by atoms with Gasteiger partial charge in [-0.05, 0) is 41.4 Å². The van der Waals surface area contributed by atoms with Gasteiger partial charge in [0.15, 0.2) is 5.11 Å². The van der Waals surface area contributed by atoms with Gasteiger partial charge in [-0.1, -0.05) is 18.2 Å². The average molecular weight is 372 g/mol. The molecule has 1 saturated heterocycles. The second kappa shape index (κ2) is 7.11. The predicted octanol–water partition coefficient (Wildman–Crippen LogP) is 2.55. The highest BCUT2D eigenvalue weighted by Crippen LogP contribution is 2.35. The van der Waals surface area contributed by atoms with Gasteiger partial charge >= 0.3 is 0 Å². The van der Waals surface area contributed by atoms with Gasteiger partial charge in [-0.3, -0.25) is 0 Å². The molecule has 1 aromatic heterocycles. The molecule has 1 atom stereocenters. The lowest BCUT2D eigenvalue weighted by Gasteiger charge is -2.29. The summed E-state index contributed by atoms with van der Waals surface area (Å²) in [5.41, 5.74) is 9.34. The van der Waals surface area contributed by atoms with Crippen LogP contribution in [0.3, 0.4) is 0 Å². The van der Waals surface area contributed by atoms with Crippen LogP contribution in [0.2, 0.25) is 0 Å². The minimum absolute atomic E-state index is 0.111. The van der Waals surface area contributed by atoms with Crippen LogP contribution >= 0.6 is 23.6 Å². The van der Waals surface area contributed by atoms with Crippen molar-refractivity contribution in [1.82, 2.24) is 10.3 Å².